The third-order valence-electron chi connectivity index (χ3n) is 4.71. The molecule has 0 radical (unpaired) electrons. The van der Waals surface area contributed by atoms with Gasteiger partial charge in [0.05, 0.1) is 5.60 Å². The lowest BCUT2D eigenvalue weighted by molar-refractivity contribution is 0.0423. The predicted molar refractivity (Wildman–Crippen MR) is 99.5 cm³/mol. The largest absolute Gasteiger partial charge is 0.491 e. The summed E-state index contributed by atoms with van der Waals surface area (Å²) in [4.78, 5) is 0. The highest BCUT2D eigenvalue weighted by Crippen LogP contribution is 2.33. The van der Waals surface area contributed by atoms with Gasteiger partial charge in [-0.2, -0.15) is 0 Å². The summed E-state index contributed by atoms with van der Waals surface area (Å²) in [5.74, 6) is 1.82. The number of ether oxygens (including phenoxy) is 1. The van der Waals surface area contributed by atoms with Crippen molar-refractivity contribution >= 4 is 24.7 Å². The maximum atomic E-state index is 10.5. The fourth-order valence-electron chi connectivity index (χ4n) is 2.43. The summed E-state index contributed by atoms with van der Waals surface area (Å²) in [6, 6.07) is 13.6. The first kappa shape index (κ1) is 16.8. The molecule has 0 saturated carbocycles. The summed E-state index contributed by atoms with van der Waals surface area (Å²) < 4.78 is 11.9. The van der Waals surface area contributed by atoms with Gasteiger partial charge in [-0.1, -0.05) is 56.3 Å². The monoisotopic (exact) mass is 322 g/mol. The van der Waals surface area contributed by atoms with E-state index >= 15 is 0 Å². The van der Waals surface area contributed by atoms with Crippen LogP contribution in [0.2, 0.25) is 0 Å². The lowest BCUT2D eigenvalue weighted by Gasteiger charge is -2.31. The van der Waals surface area contributed by atoms with Gasteiger partial charge in [-0.25, -0.2) is 0 Å². The topological polar surface area (TPSA) is 38.7 Å². The molecule has 1 aliphatic heterocycles. The zero-order valence-electron chi connectivity index (χ0n) is 14.6. The van der Waals surface area contributed by atoms with E-state index in [1.165, 1.54) is 0 Å². The fraction of sp³-hybridized carbons (Fsp3) is 0.300. The Kier molecular flexibility index (Phi) is 4.53. The molecule has 0 aliphatic carbocycles. The van der Waals surface area contributed by atoms with E-state index in [-0.39, 0.29) is 0 Å². The molecule has 124 valence electrons. The quantitative estimate of drug-likeness (QED) is 0.735. The van der Waals surface area contributed by atoms with Crippen molar-refractivity contribution in [3.8, 4) is 11.5 Å². The number of hydrogen-bond donors (Lipinski definition) is 1. The Hall–Kier alpha value is -2.04. The van der Waals surface area contributed by atoms with Crippen LogP contribution in [0.25, 0.3) is 12.2 Å². The smallest absolute Gasteiger partial charge is 0.456 e. The molecule has 0 spiro atoms. The fourth-order valence-corrected chi connectivity index (χ4v) is 2.43. The van der Waals surface area contributed by atoms with Crippen molar-refractivity contribution in [3.05, 3.63) is 53.6 Å². The molecule has 0 unspecified atom stereocenters. The molecule has 1 aliphatic rings. The highest BCUT2D eigenvalue weighted by atomic mass is 16.5. The number of fused-ring (bicyclic) bond motifs is 2. The van der Waals surface area contributed by atoms with Crippen LogP contribution in [0.4, 0.5) is 0 Å². The maximum absolute atomic E-state index is 10.5. The molecule has 0 saturated heterocycles. The molecule has 0 amide bonds. The van der Waals surface area contributed by atoms with E-state index in [1.807, 2.05) is 68.5 Å². The summed E-state index contributed by atoms with van der Waals surface area (Å²) in [5, 5.41) is 10.5. The Bertz CT molecular complexity index is 765. The van der Waals surface area contributed by atoms with E-state index in [0.717, 1.165) is 22.6 Å². The number of para-hydroxylation sites is 1. The van der Waals surface area contributed by atoms with Crippen LogP contribution in [-0.4, -0.2) is 17.7 Å². The summed E-state index contributed by atoms with van der Waals surface area (Å²) in [6.45, 7) is 8.13. The summed E-state index contributed by atoms with van der Waals surface area (Å²) >= 11 is 0. The lowest BCUT2D eigenvalue weighted by atomic mass is 9.77. The lowest BCUT2D eigenvalue weighted by Crippen LogP contribution is -2.44. The molecule has 0 bridgehead atoms. The molecule has 3 nitrogen and oxygen atoms in total. The molecule has 2 aromatic carbocycles. The van der Waals surface area contributed by atoms with E-state index < -0.39 is 12.7 Å². The first-order valence-electron chi connectivity index (χ1n) is 8.31. The van der Waals surface area contributed by atoms with Crippen molar-refractivity contribution < 1.29 is 14.4 Å². The molecule has 0 aromatic heterocycles. The highest BCUT2D eigenvalue weighted by molar-refractivity contribution is 6.60. The Morgan fingerprint density at radius 2 is 1.67 bits per heavy atom. The van der Waals surface area contributed by atoms with Gasteiger partial charge >= 0.3 is 7.12 Å². The molecule has 1 N–H and O–H groups in total. The first-order chi connectivity index (χ1) is 11.4. The zero-order chi connectivity index (χ0) is 17.3. The van der Waals surface area contributed by atoms with Crippen LogP contribution >= 0.6 is 0 Å². The summed E-state index contributed by atoms with van der Waals surface area (Å²) in [5.41, 5.74) is 2.29. The van der Waals surface area contributed by atoms with Crippen molar-refractivity contribution in [3.63, 3.8) is 0 Å². The molecule has 2 aromatic rings. The van der Waals surface area contributed by atoms with Crippen LogP contribution in [0.3, 0.4) is 0 Å². The Morgan fingerprint density at radius 1 is 1.00 bits per heavy atom. The molecule has 0 fully saturated rings. The number of benzene rings is 2. The van der Waals surface area contributed by atoms with Crippen LogP contribution in [0.5, 0.6) is 11.5 Å². The van der Waals surface area contributed by atoms with E-state index in [0.29, 0.717) is 11.4 Å². The maximum Gasteiger partial charge on any atom is 0.491 e. The molecule has 0 atom stereocenters. The van der Waals surface area contributed by atoms with Crippen molar-refractivity contribution in [2.45, 2.75) is 33.3 Å². The summed E-state index contributed by atoms with van der Waals surface area (Å²) in [6.07, 6.45) is 4.06. The minimum atomic E-state index is -0.987. The van der Waals surface area contributed by atoms with Crippen LogP contribution in [0, 0.1) is 5.92 Å². The van der Waals surface area contributed by atoms with Gasteiger partial charge in [0.25, 0.3) is 0 Å². The molecular formula is C20H23BO3. The average molecular weight is 322 g/mol. The average Bonchev–Trinajstić information content (AvgIpc) is 2.72. The Balaban J connectivity index is 1.88. The zero-order valence-corrected chi connectivity index (χ0v) is 14.6. The van der Waals surface area contributed by atoms with Gasteiger partial charge < -0.3 is 14.4 Å². The third kappa shape index (κ3) is 3.40. The molecule has 4 heteroatoms. The van der Waals surface area contributed by atoms with Gasteiger partial charge in [-0.05, 0) is 37.4 Å². The van der Waals surface area contributed by atoms with Gasteiger partial charge in [0.1, 0.15) is 11.5 Å². The third-order valence-corrected chi connectivity index (χ3v) is 4.71. The molecule has 24 heavy (non-hydrogen) atoms. The SMILES string of the molecule is CC(C)C(C)(C)OB(O)c1ccc2c(c1)Oc1ccccc1C=C2. The van der Waals surface area contributed by atoms with Crippen molar-refractivity contribution in [1.82, 2.24) is 0 Å². The molecular weight excluding hydrogens is 299 g/mol. The minimum absolute atomic E-state index is 0.291. The van der Waals surface area contributed by atoms with Gasteiger partial charge in [0, 0.05) is 11.1 Å². The minimum Gasteiger partial charge on any atom is -0.456 e. The van der Waals surface area contributed by atoms with Gasteiger partial charge in [0.2, 0.25) is 0 Å². The Labute approximate surface area is 144 Å². The summed E-state index contributed by atoms with van der Waals surface area (Å²) in [7, 11) is -0.987. The highest BCUT2D eigenvalue weighted by Gasteiger charge is 2.30. The van der Waals surface area contributed by atoms with Crippen molar-refractivity contribution in [2.24, 2.45) is 5.92 Å². The second kappa shape index (κ2) is 6.46. The van der Waals surface area contributed by atoms with Gasteiger partial charge in [0.15, 0.2) is 0 Å². The standard InChI is InChI=1S/C20H23BO3/c1-14(2)20(3,4)24-21(22)17-12-11-16-10-9-15-7-5-6-8-18(15)23-19(16)13-17/h5-14,22H,1-4H3. The van der Waals surface area contributed by atoms with Crippen LogP contribution in [0.1, 0.15) is 38.8 Å². The second-order valence-corrected chi connectivity index (χ2v) is 7.00. The van der Waals surface area contributed by atoms with Crippen LogP contribution in [0.15, 0.2) is 42.5 Å². The number of hydrogen-bond acceptors (Lipinski definition) is 3. The van der Waals surface area contributed by atoms with E-state index in [1.54, 1.807) is 0 Å². The normalized spacial score (nSPS) is 13.1. The molecule has 3 rings (SSSR count). The second-order valence-electron chi connectivity index (χ2n) is 7.00. The van der Waals surface area contributed by atoms with Crippen molar-refractivity contribution in [1.29, 1.82) is 0 Å². The van der Waals surface area contributed by atoms with E-state index in [2.05, 4.69) is 13.8 Å². The predicted octanol–water partition coefficient (Wildman–Crippen LogP) is 4.10. The molecule has 1 heterocycles. The van der Waals surface area contributed by atoms with E-state index in [4.69, 9.17) is 9.39 Å². The van der Waals surface area contributed by atoms with Gasteiger partial charge in [-0.15, -0.1) is 0 Å². The first-order valence-corrected chi connectivity index (χ1v) is 8.31. The van der Waals surface area contributed by atoms with Crippen molar-refractivity contribution in [2.75, 3.05) is 0 Å². The van der Waals surface area contributed by atoms with Gasteiger partial charge in [-0.3, -0.25) is 0 Å². The van der Waals surface area contributed by atoms with Crippen LogP contribution < -0.4 is 10.2 Å². The van der Waals surface area contributed by atoms with Crippen LogP contribution in [-0.2, 0) is 4.65 Å². The Morgan fingerprint density at radius 3 is 2.38 bits per heavy atom. The number of rotatable bonds is 4. The van der Waals surface area contributed by atoms with E-state index in [9.17, 15) is 5.02 Å².